The third-order valence-electron chi connectivity index (χ3n) is 7.00. The summed E-state index contributed by atoms with van der Waals surface area (Å²) >= 11 is 12.6. The Bertz CT molecular complexity index is 1540. The van der Waals surface area contributed by atoms with E-state index in [4.69, 9.17) is 32.7 Å². The molecule has 1 aliphatic heterocycles. The van der Waals surface area contributed by atoms with Gasteiger partial charge in [0.25, 0.3) is 10.0 Å². The molecule has 4 rings (SSSR count). The third-order valence-corrected chi connectivity index (χ3v) is 9.37. The van der Waals surface area contributed by atoms with E-state index in [1.807, 2.05) is 6.92 Å². The molecule has 0 bridgehead atoms. The summed E-state index contributed by atoms with van der Waals surface area (Å²) in [6.07, 6.45) is 1.97. The van der Waals surface area contributed by atoms with E-state index >= 15 is 0 Å². The summed E-state index contributed by atoms with van der Waals surface area (Å²) in [7, 11) is -4.22. The minimum atomic E-state index is -4.22. The van der Waals surface area contributed by atoms with E-state index in [0.717, 1.165) is 17.1 Å². The van der Waals surface area contributed by atoms with Gasteiger partial charge in [0.1, 0.15) is 25.8 Å². The van der Waals surface area contributed by atoms with Gasteiger partial charge in [-0.3, -0.25) is 13.9 Å². The van der Waals surface area contributed by atoms with Crippen molar-refractivity contribution >= 4 is 50.7 Å². The standard InChI is InChI=1S/C31H35Cl2N3O6S/c1-3-5-15-34-31(38)27(4-2)35(20-22-11-12-23(32)18-26(22)33)30(37)21-36(43(39,40)25-9-7-6-8-10-25)24-13-14-28-29(19-24)42-17-16-41-28/h6-14,18-19,27H,3-5,15-17,20-21H2,1-2H3,(H,34,38)/t27-/m0/s1. The van der Waals surface area contributed by atoms with Crippen LogP contribution in [0.4, 0.5) is 5.69 Å². The Morgan fingerprint density at radius 2 is 1.67 bits per heavy atom. The van der Waals surface area contributed by atoms with Gasteiger partial charge >= 0.3 is 0 Å². The zero-order valence-corrected chi connectivity index (χ0v) is 26.4. The van der Waals surface area contributed by atoms with Crippen LogP contribution in [-0.4, -0.2) is 57.5 Å². The van der Waals surface area contributed by atoms with Crippen LogP contribution in [-0.2, 0) is 26.2 Å². The molecule has 12 heteroatoms. The summed E-state index contributed by atoms with van der Waals surface area (Å²) in [5, 5.41) is 3.66. The van der Waals surface area contributed by atoms with Crippen LogP contribution in [0.3, 0.4) is 0 Å². The van der Waals surface area contributed by atoms with Gasteiger partial charge in [-0.15, -0.1) is 0 Å². The Morgan fingerprint density at radius 1 is 0.953 bits per heavy atom. The summed E-state index contributed by atoms with van der Waals surface area (Å²) in [4.78, 5) is 28.9. The van der Waals surface area contributed by atoms with E-state index in [9.17, 15) is 18.0 Å². The number of nitrogens with zero attached hydrogens (tertiary/aromatic N) is 2. The molecule has 0 saturated heterocycles. The molecular formula is C31H35Cl2N3O6S. The first kappa shape index (κ1) is 32.4. The van der Waals surface area contributed by atoms with Crippen molar-refractivity contribution < 1.29 is 27.5 Å². The molecule has 1 N–H and O–H groups in total. The Balaban J connectivity index is 1.75. The fourth-order valence-electron chi connectivity index (χ4n) is 4.69. The number of hydrogen-bond donors (Lipinski definition) is 1. The number of unbranched alkanes of at least 4 members (excludes halogenated alkanes) is 1. The van der Waals surface area contributed by atoms with Crippen molar-refractivity contribution in [3.8, 4) is 11.5 Å². The molecule has 230 valence electrons. The van der Waals surface area contributed by atoms with Crippen LogP contribution in [0, 0.1) is 0 Å². The Kier molecular flexibility index (Phi) is 11.2. The number of fused-ring (bicyclic) bond motifs is 1. The van der Waals surface area contributed by atoms with E-state index in [-0.39, 0.29) is 23.0 Å². The molecule has 0 fully saturated rings. The van der Waals surface area contributed by atoms with Crippen LogP contribution in [0.2, 0.25) is 10.0 Å². The molecule has 0 aromatic heterocycles. The number of carbonyl (C=O) groups is 2. The second-order valence-corrected chi connectivity index (χ2v) is 12.7. The lowest BCUT2D eigenvalue weighted by molar-refractivity contribution is -0.140. The van der Waals surface area contributed by atoms with Gasteiger partial charge < -0.3 is 19.7 Å². The highest BCUT2D eigenvalue weighted by molar-refractivity contribution is 7.92. The smallest absolute Gasteiger partial charge is 0.264 e. The van der Waals surface area contributed by atoms with E-state index in [2.05, 4.69) is 5.32 Å². The van der Waals surface area contributed by atoms with Crippen LogP contribution < -0.4 is 19.1 Å². The Morgan fingerprint density at radius 3 is 2.35 bits per heavy atom. The molecule has 0 saturated carbocycles. The number of amides is 2. The predicted molar refractivity (Wildman–Crippen MR) is 167 cm³/mol. The number of rotatable bonds is 13. The minimum absolute atomic E-state index is 0.00864. The lowest BCUT2D eigenvalue weighted by Crippen LogP contribution is -2.52. The summed E-state index contributed by atoms with van der Waals surface area (Å²) < 4.78 is 40.4. The van der Waals surface area contributed by atoms with Gasteiger partial charge in [-0.05, 0) is 54.8 Å². The van der Waals surface area contributed by atoms with Crippen molar-refractivity contribution in [1.82, 2.24) is 10.2 Å². The van der Waals surface area contributed by atoms with Crippen LogP contribution in [0.25, 0.3) is 0 Å². The first-order valence-electron chi connectivity index (χ1n) is 14.1. The predicted octanol–water partition coefficient (Wildman–Crippen LogP) is 5.68. The number of benzene rings is 3. The quantitative estimate of drug-likeness (QED) is 0.239. The number of anilines is 1. The van der Waals surface area contributed by atoms with Gasteiger partial charge in [-0.2, -0.15) is 0 Å². The molecular weight excluding hydrogens is 613 g/mol. The molecule has 43 heavy (non-hydrogen) atoms. The SMILES string of the molecule is CCCCNC(=O)[C@H](CC)N(Cc1ccc(Cl)cc1Cl)C(=O)CN(c1ccc2c(c1)OCCO2)S(=O)(=O)c1ccccc1. The molecule has 2 amide bonds. The van der Waals surface area contributed by atoms with Gasteiger partial charge in [0, 0.05) is 29.2 Å². The molecule has 3 aromatic rings. The Hall–Kier alpha value is -3.47. The summed E-state index contributed by atoms with van der Waals surface area (Å²) in [6.45, 7) is 4.34. The second-order valence-electron chi connectivity index (χ2n) is 9.98. The van der Waals surface area contributed by atoms with Gasteiger partial charge in [0.05, 0.1) is 10.6 Å². The fraction of sp³-hybridized carbons (Fsp3) is 0.355. The van der Waals surface area contributed by atoms with Gasteiger partial charge in [-0.25, -0.2) is 8.42 Å². The third kappa shape index (κ3) is 7.93. The highest BCUT2D eigenvalue weighted by Crippen LogP contribution is 2.36. The molecule has 3 aromatic carbocycles. The largest absolute Gasteiger partial charge is 0.486 e. The maximum atomic E-state index is 14.2. The lowest BCUT2D eigenvalue weighted by Gasteiger charge is -2.33. The molecule has 1 atom stereocenters. The molecule has 0 radical (unpaired) electrons. The van der Waals surface area contributed by atoms with Gasteiger partial charge in [0.2, 0.25) is 11.8 Å². The number of halogens is 2. The first-order chi connectivity index (χ1) is 20.6. The number of nitrogens with one attached hydrogen (secondary N) is 1. The van der Waals surface area contributed by atoms with E-state index < -0.39 is 28.5 Å². The monoisotopic (exact) mass is 647 g/mol. The molecule has 0 unspecified atom stereocenters. The topological polar surface area (TPSA) is 105 Å². The van der Waals surface area contributed by atoms with Crippen LogP contribution in [0.5, 0.6) is 11.5 Å². The fourth-order valence-corrected chi connectivity index (χ4v) is 6.59. The normalized spacial score (nSPS) is 13.2. The summed E-state index contributed by atoms with van der Waals surface area (Å²) in [6, 6.07) is 16.6. The molecule has 1 heterocycles. The van der Waals surface area contributed by atoms with E-state index in [0.29, 0.717) is 53.3 Å². The van der Waals surface area contributed by atoms with Crippen molar-refractivity contribution in [3.63, 3.8) is 0 Å². The maximum Gasteiger partial charge on any atom is 0.264 e. The average molecular weight is 649 g/mol. The second kappa shape index (κ2) is 14.8. The number of sulfonamides is 1. The number of ether oxygens (including phenoxy) is 2. The molecule has 9 nitrogen and oxygen atoms in total. The zero-order valence-electron chi connectivity index (χ0n) is 24.1. The van der Waals surface area contributed by atoms with Crippen molar-refractivity contribution in [2.45, 2.75) is 50.6 Å². The molecule has 0 aliphatic carbocycles. The van der Waals surface area contributed by atoms with Crippen LogP contribution in [0.1, 0.15) is 38.7 Å². The average Bonchev–Trinajstić information content (AvgIpc) is 3.01. The number of hydrogen-bond acceptors (Lipinski definition) is 6. The minimum Gasteiger partial charge on any atom is -0.486 e. The summed E-state index contributed by atoms with van der Waals surface area (Å²) in [5.74, 6) is -0.0627. The highest BCUT2D eigenvalue weighted by atomic mass is 35.5. The number of carbonyl (C=O) groups excluding carboxylic acids is 2. The van der Waals surface area contributed by atoms with Crippen molar-refractivity contribution in [3.05, 3.63) is 82.3 Å². The molecule has 0 spiro atoms. The Labute approximate surface area is 262 Å². The lowest BCUT2D eigenvalue weighted by atomic mass is 10.1. The summed E-state index contributed by atoms with van der Waals surface area (Å²) in [5.41, 5.74) is 0.780. The van der Waals surface area contributed by atoms with Crippen molar-refractivity contribution in [1.29, 1.82) is 0 Å². The zero-order chi connectivity index (χ0) is 31.0. The van der Waals surface area contributed by atoms with E-state index in [1.54, 1.807) is 55.5 Å². The van der Waals surface area contributed by atoms with Crippen molar-refractivity contribution in [2.75, 3.05) is 30.6 Å². The molecule has 1 aliphatic rings. The van der Waals surface area contributed by atoms with Gasteiger partial charge in [0.15, 0.2) is 11.5 Å². The maximum absolute atomic E-state index is 14.2. The van der Waals surface area contributed by atoms with Gasteiger partial charge in [-0.1, -0.05) is 67.7 Å². The van der Waals surface area contributed by atoms with E-state index in [1.165, 1.54) is 23.1 Å². The van der Waals surface area contributed by atoms with Crippen LogP contribution in [0.15, 0.2) is 71.6 Å². The highest BCUT2D eigenvalue weighted by Gasteiger charge is 2.34. The van der Waals surface area contributed by atoms with Crippen LogP contribution >= 0.6 is 23.2 Å². The van der Waals surface area contributed by atoms with Crippen molar-refractivity contribution in [2.24, 2.45) is 0 Å². The first-order valence-corrected chi connectivity index (χ1v) is 16.3.